The van der Waals surface area contributed by atoms with Crippen LogP contribution in [0.15, 0.2) is 29.6 Å². The number of aliphatic hydroxyl groups excluding tert-OH is 1. The first-order chi connectivity index (χ1) is 9.11. The molecule has 1 heterocycles. The van der Waals surface area contributed by atoms with Gasteiger partial charge in [0, 0.05) is 35.8 Å². The molecular weight excluding hydrogens is 260 g/mol. The van der Waals surface area contributed by atoms with E-state index >= 15 is 0 Å². The molecule has 0 bridgehead atoms. The molecule has 100 valence electrons. The van der Waals surface area contributed by atoms with Crippen molar-refractivity contribution in [2.45, 2.75) is 6.92 Å². The second-order valence-electron chi connectivity index (χ2n) is 4.33. The lowest BCUT2D eigenvalue weighted by Crippen LogP contribution is -2.29. The van der Waals surface area contributed by atoms with Gasteiger partial charge < -0.3 is 10.0 Å². The van der Waals surface area contributed by atoms with E-state index in [1.807, 2.05) is 30.5 Å². The summed E-state index contributed by atoms with van der Waals surface area (Å²) in [6.45, 7) is 2.25. The minimum absolute atomic E-state index is 0.0341. The van der Waals surface area contributed by atoms with Crippen LogP contribution in [0.2, 0.25) is 0 Å². The maximum Gasteiger partial charge on any atom is 0.253 e. The Balaban J connectivity index is 2.27. The number of carbonyl (C=O) groups excluding carboxylic acids is 1. The summed E-state index contributed by atoms with van der Waals surface area (Å²) in [5.74, 6) is -0.0934. The fraction of sp³-hybridized carbons (Fsp3) is 0.286. The van der Waals surface area contributed by atoms with Crippen LogP contribution in [-0.4, -0.2) is 41.1 Å². The van der Waals surface area contributed by atoms with Gasteiger partial charge in [-0.1, -0.05) is 12.1 Å². The first-order valence-corrected chi connectivity index (χ1v) is 6.88. The predicted octanol–water partition coefficient (Wildman–Crippen LogP) is 2.18. The summed E-state index contributed by atoms with van der Waals surface area (Å²) in [7, 11) is 1.68. The summed E-state index contributed by atoms with van der Waals surface area (Å²) in [6.07, 6.45) is 0. The Morgan fingerprint density at radius 1 is 1.47 bits per heavy atom. The number of benzene rings is 1. The average molecular weight is 276 g/mol. The Kier molecular flexibility index (Phi) is 4.29. The number of rotatable bonds is 4. The van der Waals surface area contributed by atoms with Crippen molar-refractivity contribution in [1.29, 1.82) is 0 Å². The van der Waals surface area contributed by atoms with Crippen LogP contribution < -0.4 is 0 Å². The normalized spacial score (nSPS) is 10.5. The van der Waals surface area contributed by atoms with Gasteiger partial charge in [0.15, 0.2) is 0 Å². The maximum atomic E-state index is 12.1. The third kappa shape index (κ3) is 3.19. The minimum Gasteiger partial charge on any atom is -0.395 e. The van der Waals surface area contributed by atoms with Crippen molar-refractivity contribution < 1.29 is 9.90 Å². The van der Waals surface area contributed by atoms with E-state index in [-0.39, 0.29) is 12.5 Å². The monoisotopic (exact) mass is 276 g/mol. The lowest BCUT2D eigenvalue weighted by atomic mass is 10.1. The van der Waals surface area contributed by atoms with Gasteiger partial charge in [0.25, 0.3) is 5.91 Å². The topological polar surface area (TPSA) is 53.4 Å². The molecule has 19 heavy (non-hydrogen) atoms. The summed E-state index contributed by atoms with van der Waals surface area (Å²) in [6, 6.07) is 7.42. The first kappa shape index (κ1) is 13.7. The average Bonchev–Trinajstić information content (AvgIpc) is 2.85. The molecule has 0 fully saturated rings. The molecule has 0 unspecified atom stereocenters. The van der Waals surface area contributed by atoms with Crippen molar-refractivity contribution in [3.8, 4) is 10.6 Å². The maximum absolute atomic E-state index is 12.1. The van der Waals surface area contributed by atoms with Crippen LogP contribution >= 0.6 is 11.3 Å². The zero-order chi connectivity index (χ0) is 13.8. The molecule has 0 radical (unpaired) electrons. The highest BCUT2D eigenvalue weighted by Crippen LogP contribution is 2.24. The summed E-state index contributed by atoms with van der Waals surface area (Å²) < 4.78 is 0. The Hall–Kier alpha value is -1.72. The largest absolute Gasteiger partial charge is 0.395 e. The zero-order valence-corrected chi connectivity index (χ0v) is 11.8. The molecule has 2 rings (SSSR count). The lowest BCUT2D eigenvalue weighted by Gasteiger charge is -2.15. The fourth-order valence-electron chi connectivity index (χ4n) is 1.74. The van der Waals surface area contributed by atoms with Crippen molar-refractivity contribution in [2.24, 2.45) is 0 Å². The van der Waals surface area contributed by atoms with Gasteiger partial charge in [0.1, 0.15) is 5.01 Å². The predicted molar refractivity (Wildman–Crippen MR) is 76.3 cm³/mol. The van der Waals surface area contributed by atoms with Gasteiger partial charge >= 0.3 is 0 Å². The third-order valence-corrected chi connectivity index (χ3v) is 3.77. The molecule has 5 heteroatoms. The van der Waals surface area contributed by atoms with E-state index in [1.54, 1.807) is 24.5 Å². The number of nitrogens with zero attached hydrogens (tertiary/aromatic N) is 2. The highest BCUT2D eigenvalue weighted by atomic mass is 32.1. The minimum atomic E-state index is -0.0934. The van der Waals surface area contributed by atoms with E-state index < -0.39 is 0 Å². The molecule has 1 aromatic heterocycles. The van der Waals surface area contributed by atoms with E-state index in [1.165, 1.54) is 4.90 Å². The smallest absolute Gasteiger partial charge is 0.253 e. The molecule has 4 nitrogen and oxygen atoms in total. The van der Waals surface area contributed by atoms with Gasteiger partial charge in [0.2, 0.25) is 0 Å². The molecule has 0 spiro atoms. The Morgan fingerprint density at radius 3 is 2.89 bits per heavy atom. The summed E-state index contributed by atoms with van der Waals surface area (Å²) in [5.41, 5.74) is 2.54. The van der Waals surface area contributed by atoms with Crippen molar-refractivity contribution in [3.05, 3.63) is 40.9 Å². The molecule has 1 amide bonds. The number of amides is 1. The third-order valence-electron chi connectivity index (χ3n) is 2.76. The summed E-state index contributed by atoms with van der Waals surface area (Å²) in [5, 5.41) is 11.8. The molecule has 0 aliphatic rings. The van der Waals surface area contributed by atoms with Crippen LogP contribution in [0.3, 0.4) is 0 Å². The van der Waals surface area contributed by atoms with E-state index in [9.17, 15) is 4.79 Å². The van der Waals surface area contributed by atoms with Gasteiger partial charge in [-0.05, 0) is 19.1 Å². The number of hydrogen-bond donors (Lipinski definition) is 1. The highest BCUT2D eigenvalue weighted by Gasteiger charge is 2.12. The van der Waals surface area contributed by atoms with Crippen molar-refractivity contribution in [1.82, 2.24) is 9.88 Å². The summed E-state index contributed by atoms with van der Waals surface area (Å²) in [4.78, 5) is 18.0. The zero-order valence-electron chi connectivity index (χ0n) is 11.0. The molecule has 0 saturated heterocycles. The number of aliphatic hydroxyl groups is 1. The second kappa shape index (κ2) is 5.95. The van der Waals surface area contributed by atoms with Gasteiger partial charge in [-0.25, -0.2) is 4.98 Å². The number of carbonyl (C=O) groups is 1. The van der Waals surface area contributed by atoms with E-state index in [4.69, 9.17) is 5.11 Å². The van der Waals surface area contributed by atoms with E-state index in [0.717, 1.165) is 16.3 Å². The first-order valence-electron chi connectivity index (χ1n) is 6.00. The highest BCUT2D eigenvalue weighted by molar-refractivity contribution is 7.13. The molecule has 0 aliphatic carbocycles. The summed E-state index contributed by atoms with van der Waals surface area (Å²) >= 11 is 1.57. The molecule has 2 aromatic rings. The number of hydrogen-bond acceptors (Lipinski definition) is 4. The SMILES string of the molecule is Cc1csc(-c2cccc(C(=O)N(C)CCO)c2)n1. The quantitative estimate of drug-likeness (QED) is 0.931. The Morgan fingerprint density at radius 2 is 2.26 bits per heavy atom. The molecule has 0 atom stereocenters. The number of thiazole rings is 1. The van der Waals surface area contributed by atoms with Gasteiger partial charge in [-0.2, -0.15) is 0 Å². The number of aryl methyl sites for hydroxylation is 1. The molecule has 0 saturated carbocycles. The van der Waals surface area contributed by atoms with Gasteiger partial charge in [-0.3, -0.25) is 4.79 Å². The number of aromatic nitrogens is 1. The van der Waals surface area contributed by atoms with Crippen LogP contribution in [-0.2, 0) is 0 Å². The second-order valence-corrected chi connectivity index (χ2v) is 5.18. The van der Waals surface area contributed by atoms with Crippen molar-refractivity contribution >= 4 is 17.2 Å². The van der Waals surface area contributed by atoms with Crippen LogP contribution in [0.25, 0.3) is 10.6 Å². The molecule has 1 aromatic carbocycles. The standard InChI is InChI=1S/C14H16N2O2S/c1-10-9-19-13(15-10)11-4-3-5-12(8-11)14(18)16(2)6-7-17/h3-5,8-9,17H,6-7H2,1-2H3. The van der Waals surface area contributed by atoms with Gasteiger partial charge in [-0.15, -0.1) is 11.3 Å². The van der Waals surface area contributed by atoms with Crippen LogP contribution in [0, 0.1) is 6.92 Å². The lowest BCUT2D eigenvalue weighted by molar-refractivity contribution is 0.0767. The molecule has 1 N–H and O–H groups in total. The Labute approximate surface area is 116 Å². The van der Waals surface area contributed by atoms with Crippen LogP contribution in [0.4, 0.5) is 0 Å². The molecule has 0 aliphatic heterocycles. The fourth-order valence-corrected chi connectivity index (χ4v) is 2.54. The van der Waals surface area contributed by atoms with E-state index in [2.05, 4.69) is 4.98 Å². The Bertz CT molecular complexity index is 580. The van der Waals surface area contributed by atoms with Crippen LogP contribution in [0.5, 0.6) is 0 Å². The van der Waals surface area contributed by atoms with E-state index in [0.29, 0.717) is 12.1 Å². The van der Waals surface area contributed by atoms with Crippen molar-refractivity contribution in [3.63, 3.8) is 0 Å². The van der Waals surface area contributed by atoms with Crippen LogP contribution in [0.1, 0.15) is 16.1 Å². The van der Waals surface area contributed by atoms with Gasteiger partial charge in [0.05, 0.1) is 6.61 Å². The molecular formula is C14H16N2O2S. The van der Waals surface area contributed by atoms with Crippen molar-refractivity contribution in [2.75, 3.05) is 20.2 Å². The number of likely N-dealkylation sites (N-methyl/N-ethyl adjacent to an activating group) is 1.